The van der Waals surface area contributed by atoms with Crippen molar-refractivity contribution in [3.05, 3.63) is 77.6 Å². The molecule has 1 N–H and O–H groups in total. The van der Waals surface area contributed by atoms with Gasteiger partial charge >= 0.3 is 0 Å². The summed E-state index contributed by atoms with van der Waals surface area (Å²) in [7, 11) is 0. The first-order valence-electron chi connectivity index (χ1n) is 8.67. The average Bonchev–Trinajstić information content (AvgIpc) is 3.42. The first kappa shape index (κ1) is 16.4. The zero-order valence-electron chi connectivity index (χ0n) is 14.4. The van der Waals surface area contributed by atoms with Crippen LogP contribution in [0.5, 0.6) is 0 Å². The molecule has 0 bridgehead atoms. The second-order valence-corrected chi connectivity index (χ2v) is 6.57. The summed E-state index contributed by atoms with van der Waals surface area (Å²) in [6.45, 7) is 1.77. The first-order valence-corrected chi connectivity index (χ1v) is 8.67. The predicted molar refractivity (Wildman–Crippen MR) is 95.4 cm³/mol. The molecular weight excluding hydrogens is 331 g/mol. The number of carbonyl (C=O) groups is 1. The molecule has 1 heterocycles. The summed E-state index contributed by atoms with van der Waals surface area (Å²) in [5.41, 5.74) is 1.76. The van der Waals surface area contributed by atoms with Gasteiger partial charge in [-0.05, 0) is 55.5 Å². The molecule has 2 aromatic carbocycles. The van der Waals surface area contributed by atoms with Gasteiger partial charge in [0.15, 0.2) is 0 Å². The van der Waals surface area contributed by atoms with Gasteiger partial charge in [0.2, 0.25) is 5.82 Å². The molecule has 1 atom stereocenters. The highest BCUT2D eigenvalue weighted by molar-refractivity contribution is 5.90. The topological polar surface area (TPSA) is 59.8 Å². The summed E-state index contributed by atoms with van der Waals surface area (Å²) in [5.74, 6) is 0.536. The Hall–Kier alpha value is -3.02. The lowest BCUT2D eigenvalue weighted by Gasteiger charge is -2.17. The molecule has 132 valence electrons. The lowest BCUT2D eigenvalue weighted by molar-refractivity contribution is 0.0921. The quantitative estimate of drug-likeness (QED) is 0.765. The highest BCUT2D eigenvalue weighted by Gasteiger charge is 2.34. The van der Waals surface area contributed by atoms with Crippen LogP contribution >= 0.6 is 0 Å². The fraction of sp³-hybridized carbons (Fsp3) is 0.250. The highest BCUT2D eigenvalue weighted by Crippen LogP contribution is 2.41. The number of aryl methyl sites for hydroxylation is 1. The van der Waals surface area contributed by atoms with Crippen molar-refractivity contribution < 1.29 is 9.18 Å². The van der Waals surface area contributed by atoms with Gasteiger partial charge in [-0.3, -0.25) is 4.79 Å². The van der Waals surface area contributed by atoms with Crippen molar-refractivity contribution in [3.63, 3.8) is 0 Å². The summed E-state index contributed by atoms with van der Waals surface area (Å²) >= 11 is 0. The molecular formula is C20H19FN4O. The van der Waals surface area contributed by atoms with E-state index in [0.717, 1.165) is 18.4 Å². The maximum absolute atomic E-state index is 13.1. The van der Waals surface area contributed by atoms with E-state index in [1.165, 1.54) is 12.1 Å². The van der Waals surface area contributed by atoms with Gasteiger partial charge in [0.1, 0.15) is 11.6 Å². The molecule has 0 radical (unpaired) electrons. The van der Waals surface area contributed by atoms with Gasteiger partial charge < -0.3 is 5.32 Å². The van der Waals surface area contributed by atoms with Crippen LogP contribution in [-0.2, 0) is 0 Å². The maximum Gasteiger partial charge on any atom is 0.291 e. The second kappa shape index (κ2) is 6.71. The molecule has 1 saturated carbocycles. The van der Waals surface area contributed by atoms with Crippen molar-refractivity contribution >= 4 is 5.91 Å². The molecule has 6 heteroatoms. The van der Waals surface area contributed by atoms with Gasteiger partial charge in [-0.2, -0.15) is 0 Å². The Morgan fingerprint density at radius 2 is 1.85 bits per heavy atom. The zero-order valence-corrected chi connectivity index (χ0v) is 14.4. The predicted octanol–water partition coefficient (Wildman–Crippen LogP) is 3.60. The minimum atomic E-state index is -0.320. The fourth-order valence-corrected chi connectivity index (χ4v) is 3.08. The molecule has 4 rings (SSSR count). The van der Waals surface area contributed by atoms with Crippen LogP contribution in [0.25, 0.3) is 5.69 Å². The molecule has 0 unspecified atom stereocenters. The van der Waals surface area contributed by atoms with E-state index in [1.807, 2.05) is 30.3 Å². The number of carbonyl (C=O) groups excluding carboxylic acids is 1. The average molecular weight is 350 g/mol. The molecule has 0 spiro atoms. The Kier molecular flexibility index (Phi) is 4.24. The summed E-state index contributed by atoms with van der Waals surface area (Å²) in [6.07, 6.45) is 2.21. The van der Waals surface area contributed by atoms with Gasteiger partial charge in [-0.15, -0.1) is 5.10 Å². The third-order valence-electron chi connectivity index (χ3n) is 4.58. The smallest absolute Gasteiger partial charge is 0.291 e. The molecule has 0 aliphatic heterocycles. The van der Waals surface area contributed by atoms with Gasteiger partial charge in [-0.1, -0.05) is 30.3 Å². The van der Waals surface area contributed by atoms with Crippen LogP contribution in [0.3, 0.4) is 0 Å². The third kappa shape index (κ3) is 3.35. The van der Waals surface area contributed by atoms with Crippen LogP contribution in [0.1, 0.15) is 40.9 Å². The monoisotopic (exact) mass is 350 g/mol. The van der Waals surface area contributed by atoms with Crippen molar-refractivity contribution in [3.8, 4) is 5.69 Å². The van der Waals surface area contributed by atoms with Crippen LogP contribution in [0.15, 0.2) is 54.6 Å². The standard InChI is InChI=1S/C20H19FN4O/c1-13-22-19(24-25(13)17-11-9-16(21)10-12-17)20(26)23-18(15-7-8-15)14-5-3-2-4-6-14/h2-6,9-12,15,18H,7-8H2,1H3,(H,23,26)/t18-/m1/s1. The van der Waals surface area contributed by atoms with Gasteiger partial charge in [-0.25, -0.2) is 14.1 Å². The van der Waals surface area contributed by atoms with Crippen molar-refractivity contribution in [1.29, 1.82) is 0 Å². The fourth-order valence-electron chi connectivity index (χ4n) is 3.08. The SMILES string of the molecule is Cc1nc(C(=O)N[C@H](c2ccccc2)C2CC2)nn1-c1ccc(F)cc1. The molecule has 1 aliphatic carbocycles. The van der Waals surface area contributed by atoms with Crippen molar-refractivity contribution in [2.24, 2.45) is 5.92 Å². The number of benzene rings is 2. The number of aromatic nitrogens is 3. The molecule has 1 amide bonds. The van der Waals surface area contributed by atoms with Crippen LogP contribution in [0.4, 0.5) is 4.39 Å². The molecule has 1 aromatic heterocycles. The van der Waals surface area contributed by atoms with E-state index < -0.39 is 0 Å². The minimum absolute atomic E-state index is 0.0261. The van der Waals surface area contributed by atoms with E-state index in [9.17, 15) is 9.18 Å². The first-order chi connectivity index (χ1) is 12.6. The lowest BCUT2D eigenvalue weighted by Crippen LogP contribution is -2.30. The Labute approximate surface area is 150 Å². The van der Waals surface area contributed by atoms with E-state index >= 15 is 0 Å². The molecule has 1 aliphatic rings. The van der Waals surface area contributed by atoms with E-state index in [4.69, 9.17) is 0 Å². The Balaban J connectivity index is 1.56. The second-order valence-electron chi connectivity index (χ2n) is 6.57. The Morgan fingerprint density at radius 3 is 2.50 bits per heavy atom. The van der Waals surface area contributed by atoms with Crippen LogP contribution in [-0.4, -0.2) is 20.7 Å². The zero-order chi connectivity index (χ0) is 18.1. The van der Waals surface area contributed by atoms with Crippen molar-refractivity contribution in [1.82, 2.24) is 20.1 Å². The normalized spacial score (nSPS) is 14.8. The summed E-state index contributed by atoms with van der Waals surface area (Å²) in [4.78, 5) is 17.0. The molecule has 5 nitrogen and oxygen atoms in total. The van der Waals surface area contributed by atoms with Crippen molar-refractivity contribution in [2.75, 3.05) is 0 Å². The lowest BCUT2D eigenvalue weighted by atomic mass is 10.0. The van der Waals surface area contributed by atoms with Crippen LogP contribution in [0.2, 0.25) is 0 Å². The van der Waals surface area contributed by atoms with E-state index in [2.05, 4.69) is 15.4 Å². The van der Waals surface area contributed by atoms with Gasteiger partial charge in [0, 0.05) is 0 Å². The van der Waals surface area contributed by atoms with E-state index in [1.54, 1.807) is 23.7 Å². The Morgan fingerprint density at radius 1 is 1.15 bits per heavy atom. The Bertz CT molecular complexity index is 917. The third-order valence-corrected chi connectivity index (χ3v) is 4.58. The number of nitrogens with one attached hydrogen (secondary N) is 1. The summed E-state index contributed by atoms with van der Waals surface area (Å²) in [5, 5.41) is 7.38. The number of rotatable bonds is 5. The molecule has 26 heavy (non-hydrogen) atoms. The molecule has 1 fully saturated rings. The van der Waals surface area contributed by atoms with Crippen molar-refractivity contribution in [2.45, 2.75) is 25.8 Å². The number of amides is 1. The minimum Gasteiger partial charge on any atom is -0.342 e. The summed E-state index contributed by atoms with van der Waals surface area (Å²) < 4.78 is 14.7. The number of nitrogens with zero attached hydrogens (tertiary/aromatic N) is 3. The molecule has 0 saturated heterocycles. The van der Waals surface area contributed by atoms with Gasteiger partial charge in [0.05, 0.1) is 11.7 Å². The largest absolute Gasteiger partial charge is 0.342 e. The number of hydrogen-bond donors (Lipinski definition) is 1. The van der Waals surface area contributed by atoms with Crippen LogP contribution in [0, 0.1) is 18.7 Å². The summed E-state index contributed by atoms with van der Waals surface area (Å²) in [6, 6.07) is 15.9. The molecule has 3 aromatic rings. The van der Waals surface area contributed by atoms with Gasteiger partial charge in [0.25, 0.3) is 5.91 Å². The number of hydrogen-bond acceptors (Lipinski definition) is 3. The number of halogens is 1. The van der Waals surface area contributed by atoms with Crippen LogP contribution < -0.4 is 5.32 Å². The highest BCUT2D eigenvalue weighted by atomic mass is 19.1. The van der Waals surface area contributed by atoms with E-state index in [0.29, 0.717) is 17.4 Å². The van der Waals surface area contributed by atoms with E-state index in [-0.39, 0.29) is 23.6 Å². The maximum atomic E-state index is 13.1.